The molecule has 4 aromatic heterocycles. The molecule has 35 heavy (non-hydrogen) atoms. The van der Waals surface area contributed by atoms with E-state index < -0.39 is 0 Å². The highest BCUT2D eigenvalue weighted by atomic mass is 32.1. The molecule has 0 bridgehead atoms. The van der Waals surface area contributed by atoms with Crippen molar-refractivity contribution in [2.75, 3.05) is 0 Å². The molecule has 0 spiro atoms. The predicted octanol–water partition coefficient (Wildman–Crippen LogP) is 8.51. The molecule has 5 heteroatoms. The molecule has 2 N–H and O–H groups in total. The first-order chi connectivity index (χ1) is 16.9. The monoisotopic (exact) mass is 478 g/mol. The van der Waals surface area contributed by atoms with E-state index in [-0.39, 0.29) is 0 Å². The molecule has 4 nitrogen and oxygen atoms in total. The smallest absolute Gasteiger partial charge is 0.135 e. The van der Waals surface area contributed by atoms with E-state index >= 15 is 0 Å². The van der Waals surface area contributed by atoms with Crippen LogP contribution in [0, 0.1) is 6.92 Å². The third kappa shape index (κ3) is 4.68. The second-order valence-corrected chi connectivity index (χ2v) is 9.52. The number of hydrogen-bond donors (Lipinski definition) is 2. The summed E-state index contributed by atoms with van der Waals surface area (Å²) in [6.07, 6.45) is 9.75. The van der Waals surface area contributed by atoms with E-state index in [4.69, 9.17) is 4.98 Å². The first-order valence-corrected chi connectivity index (χ1v) is 12.3. The van der Waals surface area contributed by atoms with E-state index in [0.29, 0.717) is 0 Å². The number of rotatable bonds is 8. The normalized spacial score (nSPS) is 12.9. The van der Waals surface area contributed by atoms with Crippen LogP contribution in [0.3, 0.4) is 0 Å². The third-order valence-corrected chi connectivity index (χ3v) is 7.18. The summed E-state index contributed by atoms with van der Waals surface area (Å²) in [5.41, 5.74) is 10.9. The van der Waals surface area contributed by atoms with Gasteiger partial charge in [0.05, 0.1) is 16.9 Å². The van der Waals surface area contributed by atoms with Gasteiger partial charge in [0.25, 0.3) is 0 Å². The zero-order valence-electron chi connectivity index (χ0n) is 20.7. The average molecular weight is 479 g/mol. The fourth-order valence-electron chi connectivity index (χ4n) is 4.18. The molecule has 0 saturated heterocycles. The van der Waals surface area contributed by atoms with E-state index in [1.54, 1.807) is 17.4 Å². The van der Waals surface area contributed by atoms with Crippen LogP contribution in [0.25, 0.3) is 39.1 Å². The zero-order chi connectivity index (χ0) is 25.1. The molecule has 0 atom stereocenters. The van der Waals surface area contributed by atoms with Crippen molar-refractivity contribution >= 4 is 39.1 Å². The van der Waals surface area contributed by atoms with Crippen LogP contribution < -0.4 is 0 Å². The Labute approximate surface area is 210 Å². The quantitative estimate of drug-likeness (QED) is 0.249. The molecule has 0 radical (unpaired) electrons. The molecule has 0 fully saturated rings. The van der Waals surface area contributed by atoms with E-state index in [1.807, 2.05) is 38.1 Å². The fraction of sp³-hybridized carbons (Fsp3) is 0.133. The zero-order valence-corrected chi connectivity index (χ0v) is 21.5. The summed E-state index contributed by atoms with van der Waals surface area (Å²) in [7, 11) is 0. The van der Waals surface area contributed by atoms with Crippen molar-refractivity contribution in [2.24, 2.45) is 0 Å². The molecule has 0 aromatic carbocycles. The summed E-state index contributed by atoms with van der Waals surface area (Å²) >= 11 is 1.73. The molecule has 0 saturated carbocycles. The number of pyridine rings is 1. The maximum Gasteiger partial charge on any atom is 0.135 e. The Morgan fingerprint density at radius 2 is 1.77 bits per heavy atom. The van der Waals surface area contributed by atoms with Crippen LogP contribution in [0.15, 0.2) is 86.0 Å². The number of aromatic amines is 2. The molecule has 0 aliphatic rings. The van der Waals surface area contributed by atoms with Crippen molar-refractivity contribution < 1.29 is 0 Å². The number of fused-ring (bicyclic) bond motifs is 1. The van der Waals surface area contributed by atoms with E-state index in [2.05, 4.69) is 79.1 Å². The first-order valence-electron chi connectivity index (χ1n) is 11.5. The number of hydrogen-bond acceptors (Lipinski definition) is 3. The molecule has 0 aliphatic carbocycles. The van der Waals surface area contributed by atoms with Crippen LogP contribution >= 0.6 is 11.3 Å². The van der Waals surface area contributed by atoms with Gasteiger partial charge in [0, 0.05) is 26.6 Å². The van der Waals surface area contributed by atoms with Crippen LogP contribution in [-0.4, -0.2) is 20.2 Å². The predicted molar refractivity (Wildman–Crippen MR) is 152 cm³/mol. The average Bonchev–Trinajstić information content (AvgIpc) is 3.56. The summed E-state index contributed by atoms with van der Waals surface area (Å²) in [5.74, 6) is 0. The van der Waals surface area contributed by atoms with Crippen molar-refractivity contribution in [3.05, 3.63) is 113 Å². The van der Waals surface area contributed by atoms with Crippen LogP contribution in [0.2, 0.25) is 0 Å². The van der Waals surface area contributed by atoms with Gasteiger partial charge in [-0.15, -0.1) is 11.3 Å². The second-order valence-electron chi connectivity index (χ2n) is 8.43. The molecule has 0 amide bonds. The van der Waals surface area contributed by atoms with Gasteiger partial charge >= 0.3 is 0 Å². The summed E-state index contributed by atoms with van der Waals surface area (Å²) in [6.45, 7) is 20.0. The number of nitrogens with one attached hydrogen (secondary N) is 2. The Hall–Kier alpha value is -3.96. The standard InChI is InChI=1S/C30H30N4S/c1-8-11-19(6)21(10-3)24-13-14-25-29(32-24)30(34-33-25)26-17-23(20(7)31-26)22(12-9-2)28-16-15-27(35-28)18(4)5/h8-17,31H,1-2,4H2,3,5-7H3,(H,33,34)/b19-11-,21-10+,22-12+. The fourth-order valence-corrected chi connectivity index (χ4v) is 5.15. The van der Waals surface area contributed by atoms with Gasteiger partial charge in [0.15, 0.2) is 0 Å². The summed E-state index contributed by atoms with van der Waals surface area (Å²) in [4.78, 5) is 10.9. The van der Waals surface area contributed by atoms with Gasteiger partial charge in [-0.25, -0.2) is 4.98 Å². The van der Waals surface area contributed by atoms with Gasteiger partial charge in [0.1, 0.15) is 11.2 Å². The molecule has 0 aliphatic heterocycles. The molecule has 0 unspecified atom stereocenters. The van der Waals surface area contributed by atoms with Crippen LogP contribution in [0.1, 0.15) is 47.5 Å². The lowest BCUT2D eigenvalue weighted by atomic mass is 10.0. The van der Waals surface area contributed by atoms with Crippen molar-refractivity contribution in [1.29, 1.82) is 0 Å². The Kier molecular flexibility index (Phi) is 6.99. The molecule has 176 valence electrons. The highest BCUT2D eigenvalue weighted by molar-refractivity contribution is 7.14. The largest absolute Gasteiger partial charge is 0.357 e. The summed E-state index contributed by atoms with van der Waals surface area (Å²) < 4.78 is 0. The van der Waals surface area contributed by atoms with Gasteiger partial charge in [0.2, 0.25) is 0 Å². The summed E-state index contributed by atoms with van der Waals surface area (Å²) in [5, 5.41) is 7.75. The minimum absolute atomic E-state index is 0.795. The van der Waals surface area contributed by atoms with Gasteiger partial charge in [-0.05, 0) is 74.7 Å². The molecule has 4 heterocycles. The van der Waals surface area contributed by atoms with Crippen molar-refractivity contribution in [3.8, 4) is 11.4 Å². The molecule has 4 aromatic rings. The highest BCUT2D eigenvalue weighted by Crippen LogP contribution is 2.36. The maximum atomic E-state index is 4.99. The van der Waals surface area contributed by atoms with Crippen LogP contribution in [0.4, 0.5) is 0 Å². The minimum Gasteiger partial charge on any atom is -0.357 e. The first kappa shape index (κ1) is 24.2. The highest BCUT2D eigenvalue weighted by Gasteiger charge is 2.18. The van der Waals surface area contributed by atoms with Crippen LogP contribution in [-0.2, 0) is 0 Å². The second kappa shape index (κ2) is 10.1. The van der Waals surface area contributed by atoms with Gasteiger partial charge in [-0.2, -0.15) is 5.10 Å². The lowest BCUT2D eigenvalue weighted by Gasteiger charge is -2.07. The number of aryl methyl sites for hydroxylation is 1. The van der Waals surface area contributed by atoms with Crippen molar-refractivity contribution in [3.63, 3.8) is 0 Å². The van der Waals surface area contributed by atoms with Crippen molar-refractivity contribution in [1.82, 2.24) is 20.2 Å². The SMILES string of the molecule is C=C/C=C(C)\C(=C/C)c1ccc2[nH]nc(-c3cc(/C(=C\C=C)c4ccc(C(=C)C)s4)c(C)[nH]3)c2n1. The van der Waals surface area contributed by atoms with Gasteiger partial charge < -0.3 is 4.98 Å². The number of aromatic nitrogens is 4. The summed E-state index contributed by atoms with van der Waals surface area (Å²) in [6, 6.07) is 10.5. The van der Waals surface area contributed by atoms with E-state index in [9.17, 15) is 0 Å². The third-order valence-electron chi connectivity index (χ3n) is 5.90. The molecule has 4 rings (SSSR count). The van der Waals surface area contributed by atoms with E-state index in [0.717, 1.165) is 61.7 Å². The Balaban J connectivity index is 1.81. The number of H-pyrrole nitrogens is 2. The van der Waals surface area contributed by atoms with Crippen LogP contribution in [0.5, 0.6) is 0 Å². The molecular formula is C30H30N4S. The van der Waals surface area contributed by atoms with E-state index in [1.165, 1.54) is 9.75 Å². The van der Waals surface area contributed by atoms with Gasteiger partial charge in [-0.1, -0.05) is 50.1 Å². The lowest BCUT2D eigenvalue weighted by molar-refractivity contribution is 1.11. The molecular weight excluding hydrogens is 448 g/mol. The Morgan fingerprint density at radius 3 is 2.43 bits per heavy atom. The Morgan fingerprint density at radius 1 is 1.03 bits per heavy atom. The maximum absolute atomic E-state index is 4.99. The minimum atomic E-state index is 0.795. The topological polar surface area (TPSA) is 57.4 Å². The number of thiophene rings is 1. The number of nitrogens with zero attached hydrogens (tertiary/aromatic N) is 2. The lowest BCUT2D eigenvalue weighted by Crippen LogP contribution is -1.92. The van der Waals surface area contributed by atoms with Gasteiger partial charge in [-0.3, -0.25) is 5.10 Å². The van der Waals surface area contributed by atoms with Crippen molar-refractivity contribution in [2.45, 2.75) is 27.7 Å². The Bertz CT molecular complexity index is 1530. The number of allylic oxidation sites excluding steroid dienone is 8.